The summed E-state index contributed by atoms with van der Waals surface area (Å²) in [6.07, 6.45) is -8.74. The molecule has 0 saturated carbocycles. The summed E-state index contributed by atoms with van der Waals surface area (Å²) in [6, 6.07) is 11.9. The quantitative estimate of drug-likeness (QED) is 0.140. The van der Waals surface area contributed by atoms with Crippen LogP contribution in [0.15, 0.2) is 48.5 Å². The first-order valence-corrected chi connectivity index (χ1v) is 12.4. The summed E-state index contributed by atoms with van der Waals surface area (Å²) in [6.45, 7) is -1.68. The Bertz CT molecular complexity index is 1350. The first-order chi connectivity index (χ1) is 18.7. The lowest BCUT2D eigenvalue weighted by Crippen LogP contribution is -2.33. The fourth-order valence-corrected chi connectivity index (χ4v) is 4.72. The molecular formula is C25H21F7N2O4S2. The van der Waals surface area contributed by atoms with Crippen LogP contribution in [-0.2, 0) is 4.74 Å². The minimum absolute atomic E-state index is 0.0799. The van der Waals surface area contributed by atoms with Gasteiger partial charge in [-0.2, -0.15) is 22.0 Å². The van der Waals surface area contributed by atoms with Crippen LogP contribution in [0.3, 0.4) is 0 Å². The molecule has 2 N–H and O–H groups in total. The summed E-state index contributed by atoms with van der Waals surface area (Å²) in [7, 11) is 1.20. The molecule has 1 heterocycles. The minimum Gasteiger partial charge on any atom is -0.487 e. The van der Waals surface area contributed by atoms with Gasteiger partial charge in [-0.1, -0.05) is 30.3 Å². The second-order valence-electron chi connectivity index (χ2n) is 8.12. The van der Waals surface area contributed by atoms with Crippen molar-refractivity contribution in [3.63, 3.8) is 0 Å². The summed E-state index contributed by atoms with van der Waals surface area (Å²) in [4.78, 5) is 13.4. The van der Waals surface area contributed by atoms with Crippen molar-refractivity contribution >= 4 is 45.3 Å². The van der Waals surface area contributed by atoms with E-state index in [4.69, 9.17) is 21.7 Å². The number of carbonyl (C=O) groups excluding carboxylic acids is 1. The van der Waals surface area contributed by atoms with Crippen LogP contribution in [0.5, 0.6) is 11.5 Å². The zero-order valence-electron chi connectivity index (χ0n) is 20.7. The summed E-state index contributed by atoms with van der Waals surface area (Å²) in [5.41, 5.74) is 1.44. The first kappa shape index (κ1) is 30.9. The van der Waals surface area contributed by atoms with Gasteiger partial charge in [-0.3, -0.25) is 0 Å². The number of esters is 1. The first-order valence-electron chi connectivity index (χ1n) is 11.2. The third-order valence-corrected chi connectivity index (χ3v) is 6.28. The van der Waals surface area contributed by atoms with E-state index >= 15 is 0 Å². The van der Waals surface area contributed by atoms with Gasteiger partial charge in [-0.15, -0.1) is 11.3 Å². The Labute approximate surface area is 233 Å². The van der Waals surface area contributed by atoms with Crippen molar-refractivity contribution in [2.75, 3.05) is 31.0 Å². The van der Waals surface area contributed by atoms with Crippen LogP contribution in [0.1, 0.15) is 15.2 Å². The molecule has 0 aliphatic heterocycles. The Morgan fingerprint density at radius 1 is 0.975 bits per heavy atom. The van der Waals surface area contributed by atoms with Crippen molar-refractivity contribution < 1.29 is 49.7 Å². The maximum Gasteiger partial charge on any atom is 0.422 e. The van der Waals surface area contributed by atoms with Crippen molar-refractivity contribution in [3.05, 3.63) is 59.0 Å². The van der Waals surface area contributed by atoms with E-state index in [1.807, 2.05) is 0 Å². The number of hydrogen-bond acceptors (Lipinski definition) is 6. The van der Waals surface area contributed by atoms with Gasteiger partial charge in [0, 0.05) is 34.3 Å². The average Bonchev–Trinajstić information content (AvgIpc) is 3.20. The van der Waals surface area contributed by atoms with Crippen molar-refractivity contribution in [2.45, 2.75) is 25.4 Å². The molecule has 0 radical (unpaired) electrons. The summed E-state index contributed by atoms with van der Waals surface area (Å²) in [5.74, 6) is -6.12. The lowest BCUT2D eigenvalue weighted by molar-refractivity contribution is -0.153. The van der Waals surface area contributed by atoms with Gasteiger partial charge in [-0.25, -0.2) is 13.6 Å². The molecule has 3 aromatic rings. The summed E-state index contributed by atoms with van der Waals surface area (Å²) >= 11 is 6.47. The molecule has 216 valence electrons. The number of anilines is 2. The molecule has 1 aromatic heterocycles. The zero-order valence-corrected chi connectivity index (χ0v) is 22.3. The molecular weight excluding hydrogens is 589 g/mol. The van der Waals surface area contributed by atoms with Crippen LogP contribution >= 0.6 is 23.6 Å². The Hall–Kier alpha value is -3.59. The zero-order chi connectivity index (χ0) is 29.7. The number of thiophene rings is 1. The van der Waals surface area contributed by atoms with Crippen molar-refractivity contribution in [3.8, 4) is 22.6 Å². The fourth-order valence-electron chi connectivity index (χ4n) is 3.37. The van der Waals surface area contributed by atoms with Gasteiger partial charge in [0.05, 0.1) is 7.11 Å². The van der Waals surface area contributed by atoms with Gasteiger partial charge in [0.1, 0.15) is 22.1 Å². The number of benzene rings is 2. The van der Waals surface area contributed by atoms with Crippen molar-refractivity contribution in [1.82, 2.24) is 0 Å². The number of methoxy groups -OCH3 is 1. The van der Waals surface area contributed by atoms with Gasteiger partial charge < -0.3 is 24.8 Å². The highest BCUT2D eigenvalue weighted by molar-refractivity contribution is 7.80. The van der Waals surface area contributed by atoms with Crippen LogP contribution in [-0.4, -0.2) is 49.9 Å². The lowest BCUT2D eigenvalue weighted by atomic mass is 10.0. The number of thiocarbonyl (C=S) groups is 1. The smallest absolute Gasteiger partial charge is 0.422 e. The normalized spacial score (nSPS) is 11.8. The predicted molar refractivity (Wildman–Crippen MR) is 140 cm³/mol. The second kappa shape index (κ2) is 12.7. The van der Waals surface area contributed by atoms with E-state index in [0.717, 1.165) is 28.6 Å². The third-order valence-electron chi connectivity index (χ3n) is 5.05. The van der Waals surface area contributed by atoms with E-state index in [9.17, 15) is 35.5 Å². The highest BCUT2D eigenvalue weighted by Crippen LogP contribution is 2.40. The number of rotatable bonds is 10. The number of alkyl halides is 7. The molecule has 3 rings (SSSR count). The number of nitrogens with one attached hydrogen (secondary N) is 2. The second-order valence-corrected chi connectivity index (χ2v) is 9.75. The molecule has 0 amide bonds. The molecule has 6 nitrogen and oxygen atoms in total. The SMILES string of the molecule is COC(=O)c1c(NC(=S)Nc2cc(OCC(F)(F)F)cc(OCC(F)(F)C(F)F)c2)sc(C)c1-c1ccccc1. The number of halogens is 7. The predicted octanol–water partition coefficient (Wildman–Crippen LogP) is 7.54. The summed E-state index contributed by atoms with van der Waals surface area (Å²) < 4.78 is 104. The molecule has 15 heteroatoms. The van der Waals surface area contributed by atoms with Gasteiger partial charge in [-0.05, 0) is 24.7 Å². The molecule has 0 saturated heterocycles. The maximum absolute atomic E-state index is 13.3. The number of ether oxygens (including phenoxy) is 3. The van der Waals surface area contributed by atoms with Gasteiger partial charge in [0.25, 0.3) is 0 Å². The van der Waals surface area contributed by atoms with Crippen molar-refractivity contribution in [2.24, 2.45) is 0 Å². The van der Waals surface area contributed by atoms with E-state index in [1.54, 1.807) is 37.3 Å². The Morgan fingerprint density at radius 3 is 2.12 bits per heavy atom. The van der Waals surface area contributed by atoms with Gasteiger partial charge >= 0.3 is 24.5 Å². The molecule has 0 unspecified atom stereocenters. The number of aryl methyl sites for hydroxylation is 1. The largest absolute Gasteiger partial charge is 0.487 e. The Morgan fingerprint density at radius 2 is 1.57 bits per heavy atom. The Kier molecular flexibility index (Phi) is 9.84. The van der Waals surface area contributed by atoms with Crippen LogP contribution in [0.2, 0.25) is 0 Å². The van der Waals surface area contributed by atoms with Crippen LogP contribution < -0.4 is 20.1 Å². The standard InChI is InChI=1S/C25H21F7N2O4S2/c1-13-18(14-6-4-3-5-7-14)19(21(35)36-2)20(40-13)34-23(39)33-15-8-16(37-11-24(28,29)22(26)27)10-17(9-15)38-12-25(30,31)32/h3-10,22H,11-12H2,1-2H3,(H2,33,34,39). The number of carbonyl (C=O) groups is 1. The fraction of sp³-hybridized carbons (Fsp3) is 0.280. The molecule has 0 atom stereocenters. The van der Waals surface area contributed by atoms with E-state index in [-0.39, 0.29) is 16.4 Å². The minimum atomic E-state index is -4.72. The third kappa shape index (κ3) is 8.21. The van der Waals surface area contributed by atoms with Crippen molar-refractivity contribution in [1.29, 1.82) is 0 Å². The van der Waals surface area contributed by atoms with E-state index in [2.05, 4.69) is 15.4 Å². The molecule has 2 aromatic carbocycles. The van der Waals surface area contributed by atoms with Gasteiger partial charge in [0.2, 0.25) is 0 Å². The lowest BCUT2D eigenvalue weighted by Gasteiger charge is -2.18. The summed E-state index contributed by atoms with van der Waals surface area (Å²) in [5, 5.41) is 5.61. The molecule has 0 spiro atoms. The molecule has 0 aliphatic carbocycles. The number of hydrogen-bond donors (Lipinski definition) is 2. The highest BCUT2D eigenvalue weighted by atomic mass is 32.1. The van der Waals surface area contributed by atoms with E-state index in [1.165, 1.54) is 18.4 Å². The molecule has 0 aliphatic rings. The van der Waals surface area contributed by atoms with Crippen LogP contribution in [0, 0.1) is 6.92 Å². The topological polar surface area (TPSA) is 68.8 Å². The van der Waals surface area contributed by atoms with Crippen LogP contribution in [0.25, 0.3) is 11.1 Å². The van der Waals surface area contributed by atoms with E-state index < -0.39 is 49.2 Å². The van der Waals surface area contributed by atoms with E-state index in [0.29, 0.717) is 10.6 Å². The van der Waals surface area contributed by atoms with Crippen LogP contribution in [0.4, 0.5) is 41.4 Å². The molecule has 40 heavy (non-hydrogen) atoms. The van der Waals surface area contributed by atoms with Gasteiger partial charge in [0.15, 0.2) is 18.3 Å². The molecule has 0 bridgehead atoms. The molecule has 0 fully saturated rings. The monoisotopic (exact) mass is 610 g/mol. The average molecular weight is 611 g/mol. The highest BCUT2D eigenvalue weighted by Gasteiger charge is 2.41. The Balaban J connectivity index is 1.88. The maximum atomic E-state index is 13.3.